The van der Waals surface area contributed by atoms with Crippen LogP contribution in [-0.4, -0.2) is 22.8 Å². The zero-order valence-electron chi connectivity index (χ0n) is 21.7. The van der Waals surface area contributed by atoms with Gasteiger partial charge in [-0.15, -0.1) is 0 Å². The molecule has 3 fully saturated rings. The summed E-state index contributed by atoms with van der Waals surface area (Å²) in [7, 11) is 0. The zero-order chi connectivity index (χ0) is 25.1. The lowest BCUT2D eigenvalue weighted by Gasteiger charge is -2.49. The molecule has 0 aromatic heterocycles. The third-order valence-corrected chi connectivity index (χ3v) is 10.5. The van der Waals surface area contributed by atoms with Gasteiger partial charge in [-0.05, 0) is 116 Å². The molecule has 1 aliphatic heterocycles. The molecule has 0 bridgehead atoms. The molecule has 7 rings (SSSR count). The van der Waals surface area contributed by atoms with Gasteiger partial charge < -0.3 is 15.2 Å². The fourth-order valence-electron chi connectivity index (χ4n) is 8.59. The molecule has 1 heterocycles. The van der Waals surface area contributed by atoms with Crippen LogP contribution in [0.4, 0.5) is 0 Å². The van der Waals surface area contributed by atoms with Gasteiger partial charge in [-0.2, -0.15) is 0 Å². The van der Waals surface area contributed by atoms with Crippen LogP contribution in [0.5, 0.6) is 5.75 Å². The van der Waals surface area contributed by atoms with Crippen molar-refractivity contribution in [1.29, 1.82) is 0 Å². The Balaban J connectivity index is 0.000000134. The summed E-state index contributed by atoms with van der Waals surface area (Å²) in [5.74, 6) is 2.40. The van der Waals surface area contributed by atoms with Crippen molar-refractivity contribution in [3.63, 3.8) is 0 Å². The number of rotatable bonds is 1. The van der Waals surface area contributed by atoms with Gasteiger partial charge in [-0.3, -0.25) is 4.79 Å². The summed E-state index contributed by atoms with van der Waals surface area (Å²) < 4.78 is 0. The van der Waals surface area contributed by atoms with Crippen LogP contribution in [0.25, 0.3) is 0 Å². The smallest absolute Gasteiger partial charge is 0.246 e. The number of benzene rings is 2. The molecule has 36 heavy (non-hydrogen) atoms. The van der Waals surface area contributed by atoms with Crippen molar-refractivity contribution < 1.29 is 14.7 Å². The number of hydrogen-bond donors (Lipinski definition) is 2. The fourth-order valence-corrected chi connectivity index (χ4v) is 8.59. The highest BCUT2D eigenvalue weighted by atomic mass is 16.3. The molecule has 1 spiro atoms. The zero-order valence-corrected chi connectivity index (χ0v) is 21.7. The van der Waals surface area contributed by atoms with E-state index >= 15 is 0 Å². The van der Waals surface area contributed by atoms with Gasteiger partial charge >= 0.3 is 0 Å². The summed E-state index contributed by atoms with van der Waals surface area (Å²) in [5.41, 5.74) is 7.07. The number of phenolic OH excluding ortho intramolecular Hbond substituents is 1. The number of aromatic hydroxyl groups is 1. The average Bonchev–Trinajstić information content (AvgIpc) is 3.52. The topological polar surface area (TPSA) is 76.3 Å². The molecule has 4 nitrogen and oxygen atoms in total. The second-order valence-electron chi connectivity index (χ2n) is 12.4. The summed E-state index contributed by atoms with van der Waals surface area (Å²) in [5, 5.41) is 12.8. The van der Waals surface area contributed by atoms with E-state index in [1.807, 2.05) is 12.1 Å². The number of aryl methyl sites for hydroxylation is 3. The number of amides is 1. The van der Waals surface area contributed by atoms with Gasteiger partial charge in [-0.25, -0.2) is 0 Å². The maximum atomic E-state index is 11.9. The second kappa shape index (κ2) is 8.75. The third kappa shape index (κ3) is 3.71. The summed E-state index contributed by atoms with van der Waals surface area (Å²) in [6, 6.07) is 12.6. The number of aldehydes is 1. The molecule has 6 atom stereocenters. The SMILES string of the molecule is Cc1ccc2c(c1)C1(C)CCC[C@@]3(NC3=O)C1CC2.O=CC1CCCC2c3cc(O)ccc3CCC12. The number of fused-ring (bicyclic) bond motifs is 7. The lowest BCUT2D eigenvalue weighted by atomic mass is 9.54. The first-order valence-electron chi connectivity index (χ1n) is 14.1. The predicted octanol–water partition coefficient (Wildman–Crippen LogP) is 5.90. The van der Waals surface area contributed by atoms with Gasteiger partial charge in [0.25, 0.3) is 0 Å². The largest absolute Gasteiger partial charge is 0.508 e. The van der Waals surface area contributed by atoms with Gasteiger partial charge in [0.2, 0.25) is 5.91 Å². The van der Waals surface area contributed by atoms with Crippen LogP contribution in [0.2, 0.25) is 0 Å². The van der Waals surface area contributed by atoms with Crippen LogP contribution in [0.15, 0.2) is 36.4 Å². The lowest BCUT2D eigenvalue weighted by molar-refractivity contribution is -0.114. The van der Waals surface area contributed by atoms with E-state index in [4.69, 9.17) is 0 Å². The summed E-state index contributed by atoms with van der Waals surface area (Å²) >= 11 is 0. The molecule has 2 N–H and O–H groups in total. The van der Waals surface area contributed by atoms with Crippen molar-refractivity contribution in [3.8, 4) is 5.75 Å². The lowest BCUT2D eigenvalue weighted by Crippen LogP contribution is -2.50. The van der Waals surface area contributed by atoms with Crippen molar-refractivity contribution in [2.24, 2.45) is 17.8 Å². The first-order valence-corrected chi connectivity index (χ1v) is 14.1. The van der Waals surface area contributed by atoms with Gasteiger partial charge in [0, 0.05) is 11.8 Å². The van der Waals surface area contributed by atoms with E-state index in [2.05, 4.69) is 37.4 Å². The molecule has 190 valence electrons. The fraction of sp³-hybridized carbons (Fsp3) is 0.562. The molecule has 2 saturated carbocycles. The molecule has 1 amide bonds. The molecule has 2 aromatic rings. The molecular formula is C32H39NO3. The highest BCUT2D eigenvalue weighted by molar-refractivity contribution is 6.03. The minimum Gasteiger partial charge on any atom is -0.508 e. The standard InChI is InChI=1S/C17H21NO.C15H18O2/c1-11-4-5-12-6-7-14-16(2,13(12)10-11)8-3-9-17(14)15(19)18-17;16-9-11-2-1-3-14-13(11)7-5-10-4-6-12(17)8-15(10)14/h4-5,10,14H,3,6-9H2,1-2H3,(H,18,19);4,6,8-9,11,13-14,17H,1-3,5,7H2/t14?,16?,17-;/m1./s1. The van der Waals surface area contributed by atoms with E-state index < -0.39 is 0 Å². The molecule has 5 unspecified atom stereocenters. The number of phenols is 1. The number of hydrogen-bond acceptors (Lipinski definition) is 3. The minimum absolute atomic E-state index is 0.158. The summed E-state index contributed by atoms with van der Waals surface area (Å²) in [6.07, 6.45) is 12.4. The van der Waals surface area contributed by atoms with Crippen molar-refractivity contribution in [1.82, 2.24) is 5.32 Å². The van der Waals surface area contributed by atoms with Crippen LogP contribution in [0.3, 0.4) is 0 Å². The van der Waals surface area contributed by atoms with E-state index in [9.17, 15) is 14.7 Å². The maximum absolute atomic E-state index is 11.9. The first-order chi connectivity index (χ1) is 17.4. The van der Waals surface area contributed by atoms with E-state index in [0.717, 1.165) is 51.2 Å². The normalized spacial score (nSPS) is 35.7. The van der Waals surface area contributed by atoms with E-state index in [-0.39, 0.29) is 16.9 Å². The Bertz CT molecular complexity index is 1200. The first kappa shape index (κ1) is 23.8. The molecule has 1 saturated heterocycles. The summed E-state index contributed by atoms with van der Waals surface area (Å²) in [6.45, 7) is 4.57. The average molecular weight is 486 g/mol. The molecule has 2 aromatic carbocycles. The van der Waals surface area contributed by atoms with Crippen LogP contribution < -0.4 is 5.32 Å². The van der Waals surface area contributed by atoms with E-state index in [1.165, 1.54) is 47.1 Å². The Kier molecular flexibility index (Phi) is 5.77. The van der Waals surface area contributed by atoms with Crippen LogP contribution in [-0.2, 0) is 27.8 Å². The van der Waals surface area contributed by atoms with Crippen molar-refractivity contribution in [2.75, 3.05) is 0 Å². The van der Waals surface area contributed by atoms with Gasteiger partial charge in [0.1, 0.15) is 17.6 Å². The van der Waals surface area contributed by atoms with Gasteiger partial charge in [-0.1, -0.05) is 43.2 Å². The van der Waals surface area contributed by atoms with Crippen molar-refractivity contribution >= 4 is 12.2 Å². The molecule has 0 radical (unpaired) electrons. The Morgan fingerprint density at radius 3 is 2.53 bits per heavy atom. The molecule has 4 heteroatoms. The Morgan fingerprint density at radius 2 is 1.75 bits per heavy atom. The highest BCUT2D eigenvalue weighted by Gasteiger charge is 2.65. The van der Waals surface area contributed by atoms with Crippen LogP contribution >= 0.6 is 0 Å². The third-order valence-electron chi connectivity index (χ3n) is 10.5. The quantitative estimate of drug-likeness (QED) is 0.390. The monoisotopic (exact) mass is 485 g/mol. The second-order valence-corrected chi connectivity index (χ2v) is 12.4. The predicted molar refractivity (Wildman–Crippen MR) is 141 cm³/mol. The van der Waals surface area contributed by atoms with Crippen LogP contribution in [0, 0.1) is 24.7 Å². The van der Waals surface area contributed by atoms with E-state index in [0.29, 0.717) is 29.4 Å². The van der Waals surface area contributed by atoms with Gasteiger partial charge in [0.05, 0.1) is 0 Å². The molecule has 4 aliphatic carbocycles. The maximum Gasteiger partial charge on any atom is 0.246 e. The van der Waals surface area contributed by atoms with Crippen molar-refractivity contribution in [2.45, 2.75) is 94.9 Å². The minimum atomic E-state index is -0.158. The number of carbonyl (C=O) groups excluding carboxylic acids is 2. The number of nitrogens with one attached hydrogen (secondary N) is 1. The molecule has 5 aliphatic rings. The highest BCUT2D eigenvalue weighted by Crippen LogP contribution is 2.57. The van der Waals surface area contributed by atoms with Gasteiger partial charge in [0.15, 0.2) is 0 Å². The van der Waals surface area contributed by atoms with E-state index in [1.54, 1.807) is 6.07 Å². The molecular weight excluding hydrogens is 446 g/mol. The van der Waals surface area contributed by atoms with Crippen LogP contribution in [0.1, 0.15) is 92.0 Å². The summed E-state index contributed by atoms with van der Waals surface area (Å²) in [4.78, 5) is 23.1. The Labute approximate surface area is 214 Å². The Morgan fingerprint density at radius 1 is 0.972 bits per heavy atom. The number of carbonyl (C=O) groups is 2. The van der Waals surface area contributed by atoms with Crippen molar-refractivity contribution in [3.05, 3.63) is 64.2 Å². The Hall–Kier alpha value is -2.62.